The molecule has 0 radical (unpaired) electrons. The highest BCUT2D eigenvalue weighted by Gasteiger charge is 2.16. The molecule has 2 heterocycles. The van der Waals surface area contributed by atoms with Gasteiger partial charge in [0, 0.05) is 17.7 Å². The molecule has 0 bridgehead atoms. The first-order valence-corrected chi connectivity index (χ1v) is 11.7. The number of ether oxygens (including phenoxy) is 1. The van der Waals surface area contributed by atoms with Crippen LogP contribution in [0.2, 0.25) is 0 Å². The van der Waals surface area contributed by atoms with Crippen molar-refractivity contribution in [3.05, 3.63) is 93.9 Å². The highest BCUT2D eigenvalue weighted by Crippen LogP contribution is 2.29. The summed E-state index contributed by atoms with van der Waals surface area (Å²) in [6, 6.07) is 19.0. The Labute approximate surface area is 211 Å². The van der Waals surface area contributed by atoms with Crippen molar-refractivity contribution in [1.29, 1.82) is 0 Å². The Bertz CT molecular complexity index is 1400. The maximum Gasteiger partial charge on any atom is 0.331 e. The zero-order valence-electron chi connectivity index (χ0n) is 19.5. The second-order valence-electron chi connectivity index (χ2n) is 8.04. The predicted octanol–water partition coefficient (Wildman–Crippen LogP) is 6.02. The first kappa shape index (κ1) is 24.2. The van der Waals surface area contributed by atoms with E-state index in [1.807, 2.05) is 43.3 Å². The van der Waals surface area contributed by atoms with Gasteiger partial charge in [0.2, 0.25) is 0 Å². The van der Waals surface area contributed by atoms with Gasteiger partial charge in [-0.2, -0.15) is 5.10 Å². The summed E-state index contributed by atoms with van der Waals surface area (Å²) in [5.74, 6) is -0.177. The summed E-state index contributed by atoms with van der Waals surface area (Å²) >= 11 is 3.19. The number of furan rings is 1. The summed E-state index contributed by atoms with van der Waals surface area (Å²) in [5, 5.41) is 7.58. The topological polar surface area (TPSA) is 86.4 Å². The van der Waals surface area contributed by atoms with Gasteiger partial charge in [0.05, 0.1) is 11.4 Å². The van der Waals surface area contributed by atoms with Crippen LogP contribution in [-0.4, -0.2) is 28.3 Å². The predicted molar refractivity (Wildman–Crippen MR) is 138 cm³/mol. The Morgan fingerprint density at radius 1 is 1.03 bits per heavy atom. The lowest BCUT2D eigenvalue weighted by molar-refractivity contribution is -0.142. The van der Waals surface area contributed by atoms with E-state index in [2.05, 4.69) is 47.2 Å². The fourth-order valence-corrected chi connectivity index (χ4v) is 3.86. The van der Waals surface area contributed by atoms with E-state index in [1.165, 1.54) is 17.7 Å². The molecule has 2 aromatic heterocycles. The van der Waals surface area contributed by atoms with Crippen LogP contribution < -0.4 is 5.32 Å². The standard InChI is InChI=1S/C27H24BrN3O4/c1-17-13-19(3)22(14-18(17)2)23-15-25(31(30-23)20-7-5-4-6-8-20)29-26(32)16-34-27(33)12-10-21-9-11-24(28)35-21/h4-15H,16H2,1-3H3,(H,29,32)/b12-10+. The van der Waals surface area contributed by atoms with Gasteiger partial charge in [-0.3, -0.25) is 4.79 Å². The number of aromatic nitrogens is 2. The first-order chi connectivity index (χ1) is 16.8. The average Bonchev–Trinajstić information content (AvgIpc) is 3.45. The fourth-order valence-electron chi connectivity index (χ4n) is 3.54. The lowest BCUT2D eigenvalue weighted by Gasteiger charge is -2.09. The van der Waals surface area contributed by atoms with Gasteiger partial charge in [-0.05, 0) is 89.8 Å². The zero-order valence-corrected chi connectivity index (χ0v) is 21.1. The van der Waals surface area contributed by atoms with Crippen LogP contribution in [0.25, 0.3) is 23.0 Å². The van der Waals surface area contributed by atoms with E-state index >= 15 is 0 Å². The molecular formula is C27H24BrN3O4. The minimum atomic E-state index is -0.657. The molecular weight excluding hydrogens is 510 g/mol. The summed E-state index contributed by atoms with van der Waals surface area (Å²) in [5.41, 5.74) is 5.96. The molecule has 35 heavy (non-hydrogen) atoms. The van der Waals surface area contributed by atoms with Crippen molar-refractivity contribution >= 4 is 39.7 Å². The minimum absolute atomic E-state index is 0.441. The molecule has 0 unspecified atom stereocenters. The Morgan fingerprint density at radius 2 is 1.77 bits per heavy atom. The van der Waals surface area contributed by atoms with Crippen LogP contribution in [-0.2, 0) is 14.3 Å². The SMILES string of the molecule is Cc1cc(C)c(-c2cc(NC(=O)COC(=O)/C=C/c3ccc(Br)o3)n(-c3ccccc3)n2)cc1C. The van der Waals surface area contributed by atoms with Crippen molar-refractivity contribution in [1.82, 2.24) is 9.78 Å². The first-order valence-electron chi connectivity index (χ1n) is 10.9. The van der Waals surface area contributed by atoms with E-state index in [0.717, 1.165) is 28.1 Å². The summed E-state index contributed by atoms with van der Waals surface area (Å²) in [6.45, 7) is 5.73. The molecule has 1 amide bonds. The van der Waals surface area contributed by atoms with Crippen LogP contribution >= 0.6 is 15.9 Å². The largest absolute Gasteiger partial charge is 0.452 e. The molecule has 178 valence electrons. The second-order valence-corrected chi connectivity index (χ2v) is 8.83. The Morgan fingerprint density at radius 3 is 2.49 bits per heavy atom. The number of esters is 1. The van der Waals surface area contributed by atoms with E-state index < -0.39 is 18.5 Å². The molecule has 0 saturated heterocycles. The van der Waals surface area contributed by atoms with Crippen molar-refractivity contribution in [3.63, 3.8) is 0 Å². The number of amides is 1. The number of hydrogen-bond acceptors (Lipinski definition) is 5. The second kappa shape index (κ2) is 10.6. The molecule has 0 saturated carbocycles. The summed E-state index contributed by atoms with van der Waals surface area (Å²) in [4.78, 5) is 24.6. The molecule has 0 spiro atoms. The molecule has 0 atom stereocenters. The Kier molecular flexibility index (Phi) is 7.31. The molecule has 2 aromatic carbocycles. The van der Waals surface area contributed by atoms with Gasteiger partial charge in [-0.15, -0.1) is 0 Å². The van der Waals surface area contributed by atoms with Crippen LogP contribution in [0.3, 0.4) is 0 Å². The van der Waals surface area contributed by atoms with E-state index in [9.17, 15) is 9.59 Å². The number of halogens is 1. The third-order valence-corrected chi connectivity index (χ3v) is 5.84. The van der Waals surface area contributed by atoms with Gasteiger partial charge < -0.3 is 14.5 Å². The van der Waals surface area contributed by atoms with Crippen molar-refractivity contribution < 1.29 is 18.7 Å². The number of para-hydroxylation sites is 1. The van der Waals surface area contributed by atoms with E-state index in [1.54, 1.807) is 16.8 Å². The van der Waals surface area contributed by atoms with Crippen molar-refractivity contribution in [3.8, 4) is 16.9 Å². The molecule has 0 aliphatic carbocycles. The molecule has 7 nitrogen and oxygen atoms in total. The lowest BCUT2D eigenvalue weighted by atomic mass is 9.99. The van der Waals surface area contributed by atoms with Gasteiger partial charge in [-0.1, -0.05) is 24.3 Å². The van der Waals surface area contributed by atoms with E-state index in [4.69, 9.17) is 14.3 Å². The van der Waals surface area contributed by atoms with Crippen molar-refractivity contribution in [2.24, 2.45) is 0 Å². The molecule has 4 rings (SSSR count). The minimum Gasteiger partial charge on any atom is -0.452 e. The number of aryl methyl sites for hydroxylation is 3. The summed E-state index contributed by atoms with van der Waals surface area (Å²) in [6.07, 6.45) is 2.67. The van der Waals surface area contributed by atoms with E-state index in [0.29, 0.717) is 16.2 Å². The van der Waals surface area contributed by atoms with Crippen LogP contribution in [0.1, 0.15) is 22.5 Å². The van der Waals surface area contributed by atoms with Gasteiger partial charge >= 0.3 is 5.97 Å². The van der Waals surface area contributed by atoms with Gasteiger partial charge in [0.25, 0.3) is 5.91 Å². The number of hydrogen-bond donors (Lipinski definition) is 1. The average molecular weight is 534 g/mol. The number of carbonyl (C=O) groups is 2. The number of anilines is 1. The maximum absolute atomic E-state index is 12.6. The number of nitrogens with zero attached hydrogens (tertiary/aromatic N) is 2. The highest BCUT2D eigenvalue weighted by molar-refractivity contribution is 9.10. The van der Waals surface area contributed by atoms with Crippen LogP contribution in [0.4, 0.5) is 5.82 Å². The van der Waals surface area contributed by atoms with Gasteiger partial charge in [0.15, 0.2) is 11.3 Å². The van der Waals surface area contributed by atoms with E-state index in [-0.39, 0.29) is 0 Å². The molecule has 1 N–H and O–H groups in total. The third kappa shape index (κ3) is 5.96. The lowest BCUT2D eigenvalue weighted by Crippen LogP contribution is -2.21. The number of rotatable bonds is 7. The van der Waals surface area contributed by atoms with Gasteiger partial charge in [-0.25, -0.2) is 9.48 Å². The summed E-state index contributed by atoms with van der Waals surface area (Å²) < 4.78 is 12.6. The van der Waals surface area contributed by atoms with Crippen LogP contribution in [0.5, 0.6) is 0 Å². The van der Waals surface area contributed by atoms with Crippen LogP contribution in [0, 0.1) is 20.8 Å². The highest BCUT2D eigenvalue weighted by atomic mass is 79.9. The zero-order chi connectivity index (χ0) is 24.9. The molecule has 0 aliphatic rings. The van der Waals surface area contributed by atoms with Gasteiger partial charge in [0.1, 0.15) is 11.6 Å². The Hall–Kier alpha value is -3.91. The molecule has 8 heteroatoms. The van der Waals surface area contributed by atoms with Crippen molar-refractivity contribution in [2.75, 3.05) is 11.9 Å². The summed E-state index contributed by atoms with van der Waals surface area (Å²) in [7, 11) is 0. The number of carbonyl (C=O) groups excluding carboxylic acids is 2. The third-order valence-electron chi connectivity index (χ3n) is 5.42. The fraction of sp³-hybridized carbons (Fsp3) is 0.148. The number of benzene rings is 2. The van der Waals surface area contributed by atoms with Crippen LogP contribution in [0.15, 0.2) is 75.8 Å². The number of nitrogens with one attached hydrogen (secondary N) is 1. The smallest absolute Gasteiger partial charge is 0.331 e. The Balaban J connectivity index is 1.52. The molecule has 0 fully saturated rings. The normalized spacial score (nSPS) is 11.1. The monoisotopic (exact) mass is 533 g/mol. The van der Waals surface area contributed by atoms with Crippen molar-refractivity contribution in [2.45, 2.75) is 20.8 Å². The molecule has 4 aromatic rings. The molecule has 0 aliphatic heterocycles. The maximum atomic E-state index is 12.6. The quantitative estimate of drug-likeness (QED) is 0.232.